The second kappa shape index (κ2) is 7.87. The Kier molecular flexibility index (Phi) is 6.43. The van der Waals surface area contributed by atoms with E-state index in [1.165, 1.54) is 12.8 Å². The first-order chi connectivity index (χ1) is 8.61. The molecule has 0 spiro atoms. The summed E-state index contributed by atoms with van der Waals surface area (Å²) < 4.78 is 0. The Labute approximate surface area is 108 Å². The van der Waals surface area contributed by atoms with Gasteiger partial charge in [0.2, 0.25) is 5.91 Å². The molecule has 0 aromatic carbocycles. The van der Waals surface area contributed by atoms with Crippen molar-refractivity contribution in [2.45, 2.75) is 38.1 Å². The maximum Gasteiger partial charge on any atom is 0.304 e. The number of rotatable bonds is 8. The van der Waals surface area contributed by atoms with Crippen molar-refractivity contribution in [1.29, 1.82) is 0 Å². The summed E-state index contributed by atoms with van der Waals surface area (Å²) in [5.74, 6) is -0.866. The molecule has 0 bridgehead atoms. The second-order valence-corrected chi connectivity index (χ2v) is 4.72. The lowest BCUT2D eigenvalue weighted by Crippen LogP contribution is -2.41. The van der Waals surface area contributed by atoms with Crippen LogP contribution in [0.25, 0.3) is 0 Å². The maximum absolute atomic E-state index is 11.8. The predicted octanol–water partition coefficient (Wildman–Crippen LogP) is 1.01. The van der Waals surface area contributed by atoms with E-state index < -0.39 is 5.97 Å². The van der Waals surface area contributed by atoms with Gasteiger partial charge in [0.05, 0.1) is 13.0 Å². The van der Waals surface area contributed by atoms with Crippen LogP contribution in [0.3, 0.4) is 0 Å². The van der Waals surface area contributed by atoms with Gasteiger partial charge in [-0.2, -0.15) is 0 Å². The van der Waals surface area contributed by atoms with Crippen LogP contribution in [0.2, 0.25) is 0 Å². The number of nitrogens with zero attached hydrogens (tertiary/aromatic N) is 1. The molecule has 1 aliphatic rings. The van der Waals surface area contributed by atoms with Crippen molar-refractivity contribution in [1.82, 2.24) is 10.2 Å². The molecule has 0 atom stereocenters. The van der Waals surface area contributed by atoms with Gasteiger partial charge in [-0.25, -0.2) is 0 Å². The number of nitrogens with one attached hydrogen (secondary N) is 1. The van der Waals surface area contributed by atoms with Crippen LogP contribution in [-0.4, -0.2) is 47.6 Å². The summed E-state index contributed by atoms with van der Waals surface area (Å²) in [6, 6.07) is 0.308. The number of amides is 1. The number of hydrogen-bond acceptors (Lipinski definition) is 3. The van der Waals surface area contributed by atoms with Gasteiger partial charge in [-0.1, -0.05) is 18.9 Å². The van der Waals surface area contributed by atoms with Gasteiger partial charge in [0.25, 0.3) is 0 Å². The normalized spacial score (nSPS) is 15.8. The topological polar surface area (TPSA) is 69.6 Å². The SMILES string of the molecule is C=CCN(CCC(=O)O)CC(=O)NC1CCCC1. The molecule has 0 heterocycles. The molecular weight excluding hydrogens is 232 g/mol. The summed E-state index contributed by atoms with van der Waals surface area (Å²) in [4.78, 5) is 24.1. The van der Waals surface area contributed by atoms with Crippen molar-refractivity contribution in [3.8, 4) is 0 Å². The van der Waals surface area contributed by atoms with Crippen LogP contribution in [0.1, 0.15) is 32.1 Å². The van der Waals surface area contributed by atoms with Crippen LogP contribution in [0.15, 0.2) is 12.7 Å². The molecule has 1 aliphatic carbocycles. The van der Waals surface area contributed by atoms with Crippen LogP contribution >= 0.6 is 0 Å². The molecule has 5 nitrogen and oxygen atoms in total. The lowest BCUT2D eigenvalue weighted by molar-refractivity contribution is -0.137. The average molecular weight is 254 g/mol. The number of carboxylic acids is 1. The summed E-state index contributed by atoms with van der Waals surface area (Å²) in [5, 5.41) is 11.6. The van der Waals surface area contributed by atoms with Crippen LogP contribution in [0, 0.1) is 0 Å². The minimum atomic E-state index is -0.847. The van der Waals surface area contributed by atoms with Gasteiger partial charge in [-0.3, -0.25) is 14.5 Å². The molecule has 0 unspecified atom stereocenters. The minimum Gasteiger partial charge on any atom is -0.481 e. The van der Waals surface area contributed by atoms with E-state index in [4.69, 9.17) is 5.11 Å². The molecule has 0 saturated heterocycles. The lowest BCUT2D eigenvalue weighted by atomic mass is 10.2. The van der Waals surface area contributed by atoms with E-state index in [1.54, 1.807) is 11.0 Å². The van der Waals surface area contributed by atoms with Crippen molar-refractivity contribution in [3.05, 3.63) is 12.7 Å². The third-order valence-corrected chi connectivity index (χ3v) is 3.12. The molecule has 1 amide bonds. The fourth-order valence-electron chi connectivity index (χ4n) is 2.22. The Morgan fingerprint density at radius 1 is 1.39 bits per heavy atom. The molecule has 5 heteroatoms. The second-order valence-electron chi connectivity index (χ2n) is 4.72. The molecule has 2 N–H and O–H groups in total. The number of carboxylic acid groups (broad SMARTS) is 1. The summed E-state index contributed by atoms with van der Waals surface area (Å²) in [5.41, 5.74) is 0. The van der Waals surface area contributed by atoms with E-state index >= 15 is 0 Å². The van der Waals surface area contributed by atoms with Gasteiger partial charge in [-0.15, -0.1) is 6.58 Å². The van der Waals surface area contributed by atoms with Crippen LogP contribution in [0.4, 0.5) is 0 Å². The number of carbonyl (C=O) groups excluding carboxylic acids is 1. The molecule has 0 radical (unpaired) electrons. The standard InChI is InChI=1S/C13H22N2O3/c1-2-8-15(9-7-13(17)18)10-12(16)14-11-5-3-4-6-11/h2,11H,1,3-10H2,(H,14,16)(H,17,18). The first-order valence-corrected chi connectivity index (χ1v) is 6.46. The fraction of sp³-hybridized carbons (Fsp3) is 0.692. The van der Waals surface area contributed by atoms with Crippen LogP contribution in [0.5, 0.6) is 0 Å². The van der Waals surface area contributed by atoms with Gasteiger partial charge < -0.3 is 10.4 Å². The molecule has 1 rings (SSSR count). The highest BCUT2D eigenvalue weighted by Gasteiger charge is 2.18. The Balaban J connectivity index is 2.31. The van der Waals surface area contributed by atoms with E-state index in [1.807, 2.05) is 0 Å². The average Bonchev–Trinajstić information content (AvgIpc) is 2.78. The highest BCUT2D eigenvalue weighted by Crippen LogP contribution is 2.17. The molecule has 18 heavy (non-hydrogen) atoms. The zero-order valence-electron chi connectivity index (χ0n) is 10.7. The third-order valence-electron chi connectivity index (χ3n) is 3.12. The Morgan fingerprint density at radius 2 is 2.06 bits per heavy atom. The summed E-state index contributed by atoms with van der Waals surface area (Å²) in [6.45, 7) is 4.77. The molecular formula is C13H22N2O3. The smallest absolute Gasteiger partial charge is 0.304 e. The van der Waals surface area contributed by atoms with E-state index in [-0.39, 0.29) is 18.9 Å². The van der Waals surface area contributed by atoms with Crippen molar-refractivity contribution in [3.63, 3.8) is 0 Å². The van der Waals surface area contributed by atoms with Crippen molar-refractivity contribution >= 4 is 11.9 Å². The van der Waals surface area contributed by atoms with Gasteiger partial charge >= 0.3 is 5.97 Å². The highest BCUT2D eigenvalue weighted by molar-refractivity contribution is 5.78. The molecule has 1 fully saturated rings. The molecule has 0 aromatic heterocycles. The van der Waals surface area contributed by atoms with Gasteiger partial charge in [-0.05, 0) is 12.8 Å². The largest absolute Gasteiger partial charge is 0.481 e. The van der Waals surface area contributed by atoms with E-state index in [2.05, 4.69) is 11.9 Å². The van der Waals surface area contributed by atoms with Crippen LogP contribution < -0.4 is 5.32 Å². The molecule has 102 valence electrons. The fourth-order valence-corrected chi connectivity index (χ4v) is 2.22. The van der Waals surface area contributed by atoms with Crippen molar-refractivity contribution < 1.29 is 14.7 Å². The summed E-state index contributed by atoms with van der Waals surface area (Å²) in [7, 11) is 0. The van der Waals surface area contributed by atoms with Gasteiger partial charge in [0.1, 0.15) is 0 Å². The lowest BCUT2D eigenvalue weighted by Gasteiger charge is -2.20. The van der Waals surface area contributed by atoms with Gasteiger partial charge in [0, 0.05) is 19.1 Å². The zero-order chi connectivity index (χ0) is 13.4. The quantitative estimate of drug-likeness (QED) is 0.634. The summed E-state index contributed by atoms with van der Waals surface area (Å²) in [6.07, 6.45) is 6.21. The van der Waals surface area contributed by atoms with Crippen molar-refractivity contribution in [2.24, 2.45) is 0 Å². The molecule has 0 aromatic rings. The van der Waals surface area contributed by atoms with Gasteiger partial charge in [0.15, 0.2) is 0 Å². The van der Waals surface area contributed by atoms with E-state index in [0.717, 1.165) is 12.8 Å². The first kappa shape index (κ1) is 14.7. The Morgan fingerprint density at radius 3 is 2.61 bits per heavy atom. The van der Waals surface area contributed by atoms with E-state index in [9.17, 15) is 9.59 Å². The minimum absolute atomic E-state index is 0.0193. The Bertz CT molecular complexity index is 299. The maximum atomic E-state index is 11.8. The zero-order valence-corrected chi connectivity index (χ0v) is 10.7. The predicted molar refractivity (Wildman–Crippen MR) is 69.3 cm³/mol. The monoisotopic (exact) mass is 254 g/mol. The first-order valence-electron chi connectivity index (χ1n) is 6.46. The Hall–Kier alpha value is -1.36. The van der Waals surface area contributed by atoms with Crippen LogP contribution in [-0.2, 0) is 9.59 Å². The summed E-state index contributed by atoms with van der Waals surface area (Å²) >= 11 is 0. The number of aliphatic carboxylic acids is 1. The van der Waals surface area contributed by atoms with E-state index in [0.29, 0.717) is 19.1 Å². The molecule has 0 aliphatic heterocycles. The number of carbonyl (C=O) groups is 2. The third kappa shape index (κ3) is 5.82. The molecule has 1 saturated carbocycles. The highest BCUT2D eigenvalue weighted by atomic mass is 16.4. The number of hydrogen-bond donors (Lipinski definition) is 2. The van der Waals surface area contributed by atoms with Crippen molar-refractivity contribution in [2.75, 3.05) is 19.6 Å².